The number of ether oxygens (including phenoxy) is 2. The van der Waals surface area contributed by atoms with Gasteiger partial charge in [-0.2, -0.15) is 0 Å². The standard InChI is InChI=1S/C19H25FN4O2.HI/c1-3-21-19(24-14-16-6-4-5-7-17(16)20)23-13-15-8-9-18(22-12-15)26-11-10-25-2;/h4-9,12H,3,10-11,13-14H2,1-2H3,(H2,21,23,24);1H. The zero-order chi connectivity index (χ0) is 18.6. The number of nitrogens with zero attached hydrogens (tertiary/aromatic N) is 2. The monoisotopic (exact) mass is 488 g/mol. The van der Waals surface area contributed by atoms with Gasteiger partial charge in [0, 0.05) is 38.0 Å². The van der Waals surface area contributed by atoms with Gasteiger partial charge in [0.05, 0.1) is 13.2 Å². The van der Waals surface area contributed by atoms with E-state index < -0.39 is 0 Å². The van der Waals surface area contributed by atoms with Crippen molar-refractivity contribution in [2.45, 2.75) is 20.0 Å². The Bertz CT molecular complexity index is 698. The number of hydrogen-bond donors (Lipinski definition) is 2. The molecule has 0 saturated carbocycles. The van der Waals surface area contributed by atoms with Crippen LogP contribution >= 0.6 is 24.0 Å². The Morgan fingerprint density at radius 2 is 1.96 bits per heavy atom. The highest BCUT2D eigenvalue weighted by Crippen LogP contribution is 2.09. The van der Waals surface area contributed by atoms with Gasteiger partial charge in [0.2, 0.25) is 5.88 Å². The van der Waals surface area contributed by atoms with E-state index in [9.17, 15) is 4.39 Å². The molecule has 1 aromatic heterocycles. The topological polar surface area (TPSA) is 67.8 Å². The molecule has 0 aliphatic heterocycles. The Kier molecular flexibility index (Phi) is 11.3. The van der Waals surface area contributed by atoms with Crippen LogP contribution in [0.2, 0.25) is 0 Å². The third-order valence-electron chi connectivity index (χ3n) is 3.50. The SMILES string of the molecule is CCNC(=NCc1ccc(OCCOC)nc1)NCc1ccccc1F.I. The van der Waals surface area contributed by atoms with Crippen LogP contribution in [-0.4, -0.2) is 37.8 Å². The van der Waals surface area contributed by atoms with Crippen LogP contribution in [-0.2, 0) is 17.8 Å². The molecular formula is C19H26FIN4O2. The molecular weight excluding hydrogens is 462 g/mol. The number of benzene rings is 1. The fourth-order valence-electron chi connectivity index (χ4n) is 2.15. The number of guanidine groups is 1. The summed E-state index contributed by atoms with van der Waals surface area (Å²) >= 11 is 0. The zero-order valence-corrected chi connectivity index (χ0v) is 17.9. The first-order valence-corrected chi connectivity index (χ1v) is 8.55. The molecule has 0 aliphatic carbocycles. The van der Waals surface area contributed by atoms with E-state index in [1.165, 1.54) is 6.07 Å². The van der Waals surface area contributed by atoms with Crippen molar-refractivity contribution in [3.05, 3.63) is 59.5 Å². The highest BCUT2D eigenvalue weighted by molar-refractivity contribution is 14.0. The van der Waals surface area contributed by atoms with Gasteiger partial charge in [-0.05, 0) is 18.6 Å². The molecule has 8 heteroatoms. The van der Waals surface area contributed by atoms with Crippen molar-refractivity contribution in [3.8, 4) is 5.88 Å². The van der Waals surface area contributed by atoms with Gasteiger partial charge in [0.25, 0.3) is 0 Å². The Balaban J connectivity index is 0.00000364. The second kappa shape index (κ2) is 13.3. The minimum Gasteiger partial charge on any atom is -0.475 e. The first kappa shape index (κ1) is 23.1. The van der Waals surface area contributed by atoms with Gasteiger partial charge < -0.3 is 20.1 Å². The molecule has 1 heterocycles. The summed E-state index contributed by atoms with van der Waals surface area (Å²) in [5, 5.41) is 6.28. The van der Waals surface area contributed by atoms with Crippen molar-refractivity contribution in [1.82, 2.24) is 15.6 Å². The number of aromatic nitrogens is 1. The molecule has 0 fully saturated rings. The zero-order valence-electron chi connectivity index (χ0n) is 15.6. The largest absolute Gasteiger partial charge is 0.475 e. The van der Waals surface area contributed by atoms with E-state index in [0.717, 1.165) is 5.56 Å². The van der Waals surface area contributed by atoms with Crippen LogP contribution < -0.4 is 15.4 Å². The summed E-state index contributed by atoms with van der Waals surface area (Å²) in [4.78, 5) is 8.75. The number of hydrogen-bond acceptors (Lipinski definition) is 4. The molecule has 148 valence electrons. The van der Waals surface area contributed by atoms with Crippen LogP contribution in [0.5, 0.6) is 5.88 Å². The van der Waals surface area contributed by atoms with E-state index in [0.29, 0.717) is 50.3 Å². The van der Waals surface area contributed by atoms with E-state index in [2.05, 4.69) is 20.6 Å². The maximum Gasteiger partial charge on any atom is 0.213 e. The van der Waals surface area contributed by atoms with Gasteiger partial charge >= 0.3 is 0 Å². The summed E-state index contributed by atoms with van der Waals surface area (Å²) in [7, 11) is 1.63. The summed E-state index contributed by atoms with van der Waals surface area (Å²) in [6.45, 7) is 4.50. The van der Waals surface area contributed by atoms with Crippen LogP contribution in [0.25, 0.3) is 0 Å². The van der Waals surface area contributed by atoms with Crippen molar-refractivity contribution >= 4 is 29.9 Å². The van der Waals surface area contributed by atoms with Crippen molar-refractivity contribution in [2.24, 2.45) is 4.99 Å². The molecule has 2 rings (SSSR count). The lowest BCUT2D eigenvalue weighted by Crippen LogP contribution is -2.37. The van der Waals surface area contributed by atoms with E-state index in [-0.39, 0.29) is 29.8 Å². The summed E-state index contributed by atoms with van der Waals surface area (Å²) in [6, 6.07) is 10.4. The van der Waals surface area contributed by atoms with E-state index in [4.69, 9.17) is 9.47 Å². The van der Waals surface area contributed by atoms with Crippen molar-refractivity contribution in [1.29, 1.82) is 0 Å². The molecule has 0 spiro atoms. The molecule has 1 aromatic carbocycles. The van der Waals surface area contributed by atoms with Gasteiger partial charge in [-0.3, -0.25) is 0 Å². The Morgan fingerprint density at radius 1 is 1.15 bits per heavy atom. The molecule has 2 aromatic rings. The minimum atomic E-state index is -0.232. The summed E-state index contributed by atoms with van der Waals surface area (Å²) in [6.07, 6.45) is 1.73. The van der Waals surface area contributed by atoms with Crippen LogP contribution in [0.4, 0.5) is 4.39 Å². The Morgan fingerprint density at radius 3 is 2.63 bits per heavy atom. The first-order chi connectivity index (χ1) is 12.7. The number of halogens is 2. The molecule has 6 nitrogen and oxygen atoms in total. The summed E-state index contributed by atoms with van der Waals surface area (Å²) in [5.74, 6) is 0.944. The maximum atomic E-state index is 13.7. The third-order valence-corrected chi connectivity index (χ3v) is 3.50. The van der Waals surface area contributed by atoms with Crippen LogP contribution in [0.3, 0.4) is 0 Å². The number of aliphatic imine (C=N–C) groups is 1. The molecule has 0 atom stereocenters. The van der Waals surface area contributed by atoms with Gasteiger partial charge in [-0.25, -0.2) is 14.4 Å². The van der Waals surface area contributed by atoms with Gasteiger partial charge in [0.15, 0.2) is 5.96 Å². The van der Waals surface area contributed by atoms with Crippen LogP contribution in [0.1, 0.15) is 18.1 Å². The smallest absolute Gasteiger partial charge is 0.213 e. The third kappa shape index (κ3) is 8.53. The van der Waals surface area contributed by atoms with Gasteiger partial charge in [-0.1, -0.05) is 24.3 Å². The summed E-state index contributed by atoms with van der Waals surface area (Å²) < 4.78 is 24.1. The molecule has 0 radical (unpaired) electrons. The molecule has 0 unspecified atom stereocenters. The lowest BCUT2D eigenvalue weighted by molar-refractivity contribution is 0.143. The van der Waals surface area contributed by atoms with E-state index in [1.807, 2.05) is 19.1 Å². The molecule has 0 amide bonds. The number of rotatable bonds is 9. The Labute approximate surface area is 176 Å². The lowest BCUT2D eigenvalue weighted by Gasteiger charge is -2.12. The highest BCUT2D eigenvalue weighted by Gasteiger charge is 2.03. The average molecular weight is 488 g/mol. The predicted molar refractivity (Wildman–Crippen MR) is 115 cm³/mol. The fraction of sp³-hybridized carbons (Fsp3) is 0.368. The predicted octanol–water partition coefficient (Wildman–Crippen LogP) is 3.12. The van der Waals surface area contributed by atoms with Crippen LogP contribution in [0, 0.1) is 5.82 Å². The second-order valence-electron chi connectivity index (χ2n) is 5.49. The first-order valence-electron chi connectivity index (χ1n) is 8.55. The molecule has 0 aliphatic rings. The Hall–Kier alpha value is -1.94. The average Bonchev–Trinajstić information content (AvgIpc) is 2.66. The quantitative estimate of drug-likeness (QED) is 0.246. The number of pyridine rings is 1. The van der Waals surface area contributed by atoms with Crippen molar-refractivity contribution in [2.75, 3.05) is 26.9 Å². The molecule has 0 saturated heterocycles. The minimum absolute atomic E-state index is 0. The highest BCUT2D eigenvalue weighted by atomic mass is 127. The lowest BCUT2D eigenvalue weighted by atomic mass is 10.2. The number of methoxy groups -OCH3 is 1. The maximum absolute atomic E-state index is 13.7. The second-order valence-corrected chi connectivity index (χ2v) is 5.49. The molecule has 27 heavy (non-hydrogen) atoms. The van der Waals surface area contributed by atoms with E-state index in [1.54, 1.807) is 31.5 Å². The van der Waals surface area contributed by atoms with Crippen LogP contribution in [0.15, 0.2) is 47.6 Å². The fourth-order valence-corrected chi connectivity index (χ4v) is 2.15. The van der Waals surface area contributed by atoms with Crippen molar-refractivity contribution < 1.29 is 13.9 Å². The summed E-state index contributed by atoms with van der Waals surface area (Å²) in [5.41, 5.74) is 1.55. The van der Waals surface area contributed by atoms with E-state index >= 15 is 0 Å². The van der Waals surface area contributed by atoms with Crippen molar-refractivity contribution in [3.63, 3.8) is 0 Å². The van der Waals surface area contributed by atoms with Gasteiger partial charge in [-0.15, -0.1) is 24.0 Å². The molecule has 0 bridgehead atoms. The normalized spacial score (nSPS) is 10.9. The molecule has 2 N–H and O–H groups in total. The number of nitrogens with one attached hydrogen (secondary N) is 2. The van der Waals surface area contributed by atoms with Gasteiger partial charge in [0.1, 0.15) is 12.4 Å².